The minimum atomic E-state index is -0.565. The zero-order valence-corrected chi connectivity index (χ0v) is 43.1. The Morgan fingerprint density at radius 2 is 1.48 bits per heavy atom. The Morgan fingerprint density at radius 3 is 2.22 bits per heavy atom. The highest BCUT2D eigenvalue weighted by molar-refractivity contribution is 5.60. The molecule has 0 amide bonds. The average Bonchev–Trinajstić information content (AvgIpc) is 3.66. The fourth-order valence-electron chi connectivity index (χ4n) is 13.4. The third-order valence-electron chi connectivity index (χ3n) is 17.2. The van der Waals surface area contributed by atoms with E-state index in [4.69, 9.17) is 28.4 Å². The predicted molar refractivity (Wildman–Crippen MR) is 267 cm³/mol. The quantitative estimate of drug-likeness (QED) is 0.0366. The van der Waals surface area contributed by atoms with Crippen molar-refractivity contribution in [3.05, 3.63) is 23.8 Å². The molecule has 65 heavy (non-hydrogen) atoms. The molecule has 1 saturated heterocycles. The number of allylic oxidation sites excluding steroid dienone is 3. The van der Waals surface area contributed by atoms with Gasteiger partial charge < -0.3 is 28.4 Å². The number of carbonyl (C=O) groups is 1. The van der Waals surface area contributed by atoms with Crippen LogP contribution >= 0.6 is 0 Å². The van der Waals surface area contributed by atoms with Crippen molar-refractivity contribution >= 4 is 6.16 Å². The van der Waals surface area contributed by atoms with Gasteiger partial charge in [-0.05, 0) is 123 Å². The van der Waals surface area contributed by atoms with Crippen molar-refractivity contribution in [1.29, 1.82) is 0 Å². The van der Waals surface area contributed by atoms with Gasteiger partial charge in [-0.15, -0.1) is 0 Å². The first kappa shape index (κ1) is 54.5. The van der Waals surface area contributed by atoms with Crippen molar-refractivity contribution in [3.8, 4) is 0 Å². The van der Waals surface area contributed by atoms with E-state index in [0.29, 0.717) is 31.8 Å². The molecule has 0 aromatic rings. The van der Waals surface area contributed by atoms with Crippen LogP contribution in [-0.4, -0.2) is 95.8 Å². The van der Waals surface area contributed by atoms with Crippen molar-refractivity contribution in [2.24, 2.45) is 46.3 Å². The number of carbonyl (C=O) groups excluding carboxylic acids is 1. The molecule has 3 saturated carbocycles. The van der Waals surface area contributed by atoms with E-state index >= 15 is 0 Å². The molecule has 9 atom stereocenters. The highest BCUT2D eigenvalue weighted by Gasteiger charge is 2.59. The first-order valence-electron chi connectivity index (χ1n) is 27.9. The summed E-state index contributed by atoms with van der Waals surface area (Å²) in [6.07, 6.45) is 38.9. The fraction of sp³-hybridized carbons (Fsp3) is 0.912. The topological polar surface area (TPSA) is 75.7 Å². The molecular formula is C57H101NO7. The van der Waals surface area contributed by atoms with E-state index in [0.717, 1.165) is 101 Å². The number of nitrogens with zero attached hydrogens (tertiary/aromatic N) is 1. The highest BCUT2D eigenvalue weighted by atomic mass is 16.7. The molecule has 0 aromatic carbocycles. The smallest absolute Gasteiger partial charge is 0.432 e. The van der Waals surface area contributed by atoms with Crippen LogP contribution in [0.1, 0.15) is 202 Å². The molecule has 5 rings (SSSR count). The lowest BCUT2D eigenvalue weighted by atomic mass is 9.47. The number of unbranched alkanes of at least 4 members (excludes halogenated alkanes) is 12. The summed E-state index contributed by atoms with van der Waals surface area (Å²) in [7, 11) is 0. The maximum Gasteiger partial charge on any atom is 0.508 e. The minimum absolute atomic E-state index is 0.00832. The van der Waals surface area contributed by atoms with E-state index in [1.807, 2.05) is 0 Å². The van der Waals surface area contributed by atoms with Gasteiger partial charge in [0.15, 0.2) is 0 Å². The lowest BCUT2D eigenvalue weighted by Gasteiger charge is -2.58. The molecule has 1 aliphatic heterocycles. The van der Waals surface area contributed by atoms with Crippen LogP contribution < -0.4 is 0 Å². The number of rotatable bonds is 33. The number of morpholine rings is 1. The highest BCUT2D eigenvalue weighted by Crippen LogP contribution is 2.67. The predicted octanol–water partition coefficient (Wildman–Crippen LogP) is 14.3. The number of ether oxygens (including phenoxy) is 6. The Hall–Kier alpha value is -1.45. The van der Waals surface area contributed by atoms with Gasteiger partial charge in [0.05, 0.1) is 45.7 Å². The van der Waals surface area contributed by atoms with Gasteiger partial charge in [-0.1, -0.05) is 142 Å². The molecule has 8 heteroatoms. The summed E-state index contributed by atoms with van der Waals surface area (Å²) >= 11 is 0. The molecule has 4 fully saturated rings. The van der Waals surface area contributed by atoms with Gasteiger partial charge in [0.2, 0.25) is 0 Å². The fourth-order valence-corrected chi connectivity index (χ4v) is 13.4. The molecule has 0 bridgehead atoms. The summed E-state index contributed by atoms with van der Waals surface area (Å²) in [6, 6.07) is 0. The Labute approximate surface area is 399 Å². The summed E-state index contributed by atoms with van der Waals surface area (Å²) in [5.74, 6) is 4.97. The van der Waals surface area contributed by atoms with E-state index < -0.39 is 6.16 Å². The lowest BCUT2D eigenvalue weighted by molar-refractivity contribution is -0.0679. The van der Waals surface area contributed by atoms with Crippen molar-refractivity contribution in [3.63, 3.8) is 0 Å². The van der Waals surface area contributed by atoms with Crippen LogP contribution in [0.25, 0.3) is 0 Å². The van der Waals surface area contributed by atoms with E-state index in [-0.39, 0.29) is 24.2 Å². The molecule has 4 aliphatic carbocycles. The number of hydrogen-bond donors (Lipinski definition) is 0. The molecule has 8 nitrogen and oxygen atoms in total. The number of fused-ring (bicyclic) bond motifs is 5. The Balaban J connectivity index is 0.899. The Bertz CT molecular complexity index is 1350. The molecule has 5 aliphatic rings. The first-order valence-corrected chi connectivity index (χ1v) is 27.9. The average molecular weight is 912 g/mol. The third-order valence-corrected chi connectivity index (χ3v) is 17.2. The van der Waals surface area contributed by atoms with Crippen LogP contribution in [-0.2, 0) is 28.4 Å². The van der Waals surface area contributed by atoms with E-state index in [9.17, 15) is 4.79 Å². The third kappa shape index (κ3) is 18.1. The van der Waals surface area contributed by atoms with Gasteiger partial charge in [0, 0.05) is 32.7 Å². The summed E-state index contributed by atoms with van der Waals surface area (Å²) in [5.41, 5.74) is 2.29. The van der Waals surface area contributed by atoms with Gasteiger partial charge >= 0.3 is 6.16 Å². The van der Waals surface area contributed by atoms with Gasteiger partial charge in [0.1, 0.15) is 12.7 Å². The van der Waals surface area contributed by atoms with E-state index in [2.05, 4.69) is 64.7 Å². The Kier molecular flexibility index (Phi) is 25.3. The van der Waals surface area contributed by atoms with Gasteiger partial charge in [0.25, 0.3) is 0 Å². The van der Waals surface area contributed by atoms with Crippen molar-refractivity contribution in [1.82, 2.24) is 4.90 Å². The second-order valence-corrected chi connectivity index (χ2v) is 22.4. The van der Waals surface area contributed by atoms with Gasteiger partial charge in [-0.3, -0.25) is 4.90 Å². The van der Waals surface area contributed by atoms with Gasteiger partial charge in [-0.25, -0.2) is 4.79 Å². The molecule has 376 valence electrons. The maximum atomic E-state index is 12.8. The molecule has 0 radical (unpaired) electrons. The normalized spacial score (nSPS) is 29.0. The summed E-state index contributed by atoms with van der Waals surface area (Å²) < 4.78 is 35.2. The SMILES string of the molecule is CCCCCCCCC=CCCCCCCCCOCC(CN1CCOCC1)OCCOCCOC(=O)O[C@H]1CC[C@@]2(C)C(=CC[C@H]3[C@@H]4CC[C@H]([C@H](C)CCCC(C)C)[C@@]4(C)CC[C@@H]32)C1. The molecular weight excluding hydrogens is 811 g/mol. The van der Waals surface area contributed by atoms with Crippen molar-refractivity contribution in [2.75, 3.05) is 72.5 Å². The van der Waals surface area contributed by atoms with Crippen LogP contribution in [0.5, 0.6) is 0 Å². The summed E-state index contributed by atoms with van der Waals surface area (Å²) in [5, 5.41) is 0. The molecule has 1 unspecified atom stereocenters. The monoisotopic (exact) mass is 912 g/mol. The Morgan fingerprint density at radius 1 is 0.769 bits per heavy atom. The summed E-state index contributed by atoms with van der Waals surface area (Å²) in [4.78, 5) is 15.2. The molecule has 1 heterocycles. The zero-order chi connectivity index (χ0) is 46.2. The molecule has 0 aromatic heterocycles. The molecule has 0 N–H and O–H groups in total. The lowest BCUT2D eigenvalue weighted by Crippen LogP contribution is -2.51. The van der Waals surface area contributed by atoms with Crippen LogP contribution in [0.4, 0.5) is 4.79 Å². The van der Waals surface area contributed by atoms with E-state index in [1.54, 1.807) is 5.57 Å². The second-order valence-electron chi connectivity index (χ2n) is 22.4. The van der Waals surface area contributed by atoms with Crippen molar-refractivity contribution in [2.45, 2.75) is 214 Å². The second kappa shape index (κ2) is 30.2. The van der Waals surface area contributed by atoms with Crippen LogP contribution in [0.3, 0.4) is 0 Å². The van der Waals surface area contributed by atoms with E-state index in [1.165, 1.54) is 135 Å². The minimum Gasteiger partial charge on any atom is -0.432 e. The van der Waals surface area contributed by atoms with Crippen molar-refractivity contribution < 1.29 is 33.2 Å². The first-order chi connectivity index (χ1) is 31.6. The van der Waals surface area contributed by atoms with Crippen LogP contribution in [0, 0.1) is 46.3 Å². The zero-order valence-electron chi connectivity index (χ0n) is 43.1. The largest absolute Gasteiger partial charge is 0.508 e. The summed E-state index contributed by atoms with van der Waals surface area (Å²) in [6.45, 7) is 21.9. The number of hydrogen-bond acceptors (Lipinski definition) is 8. The molecule has 0 spiro atoms. The van der Waals surface area contributed by atoms with Crippen LogP contribution in [0.15, 0.2) is 23.8 Å². The van der Waals surface area contributed by atoms with Gasteiger partial charge in [-0.2, -0.15) is 0 Å². The standard InChI is InChI=1S/C57H101NO7/c1-7-8-9-10-11-12-13-14-15-16-17-18-19-20-21-22-36-62-45-50(44-58-34-37-60-38-35-58)63-41-39-61-40-42-64-55(59)65-49-30-32-56(5)48(43-49)26-27-51-53-29-28-52(47(4)25-23-24-46(2)3)57(53,6)33-31-54(51)56/h14-15,26,46-47,49-54H,7-13,16-25,27-45H2,1-6H3/t47-,49+,50?,51+,52-,53+,54+,56+,57-/m1/s1. The van der Waals surface area contributed by atoms with Crippen LogP contribution in [0.2, 0.25) is 0 Å². The maximum absolute atomic E-state index is 12.8.